The molecular weight excluding hydrogens is 344 g/mol. The van der Waals surface area contributed by atoms with E-state index in [9.17, 15) is 4.79 Å². The van der Waals surface area contributed by atoms with Crippen LogP contribution in [-0.2, 0) is 0 Å². The fourth-order valence-electron chi connectivity index (χ4n) is 4.04. The maximum Gasteiger partial charge on any atom is 0.259 e. The van der Waals surface area contributed by atoms with Crippen LogP contribution in [0.5, 0.6) is 0 Å². The molecule has 3 aromatic heterocycles. The summed E-state index contributed by atoms with van der Waals surface area (Å²) in [5.41, 5.74) is 8.93. The Kier molecular flexibility index (Phi) is 4.26. The largest absolute Gasteiger partial charge is 0.466 e. The molecule has 0 radical (unpaired) electrons. The number of nitrogens with two attached hydrogens (primary N) is 1. The minimum absolute atomic E-state index is 0.0312. The van der Waals surface area contributed by atoms with Gasteiger partial charge in [0.1, 0.15) is 11.5 Å². The van der Waals surface area contributed by atoms with Gasteiger partial charge in [0.15, 0.2) is 0 Å². The standard InChI is InChI=1S/C20H24N4O3/c1-10-5-14(8-21)9-24(10)20(25)16-7-17(15-6-11(2)26-13(15)4)22-19-18(16)12(3)23-27-19/h6-7,10,14H,5,8-9,21H2,1-4H3. The monoisotopic (exact) mass is 368 g/mol. The zero-order valence-electron chi connectivity index (χ0n) is 16.1. The third-order valence-electron chi connectivity index (χ3n) is 5.42. The van der Waals surface area contributed by atoms with Crippen molar-refractivity contribution in [1.82, 2.24) is 15.0 Å². The predicted octanol–water partition coefficient (Wildman–Crippen LogP) is 3.22. The number of furan rings is 1. The number of aryl methyl sites for hydroxylation is 3. The zero-order chi connectivity index (χ0) is 19.3. The van der Waals surface area contributed by atoms with Gasteiger partial charge >= 0.3 is 0 Å². The van der Waals surface area contributed by atoms with Gasteiger partial charge in [-0.3, -0.25) is 4.79 Å². The van der Waals surface area contributed by atoms with Crippen molar-refractivity contribution in [3.63, 3.8) is 0 Å². The summed E-state index contributed by atoms with van der Waals surface area (Å²) in [6.07, 6.45) is 0.923. The van der Waals surface area contributed by atoms with E-state index in [4.69, 9.17) is 14.7 Å². The number of amides is 1. The molecular formula is C20H24N4O3. The molecule has 7 heteroatoms. The van der Waals surface area contributed by atoms with E-state index in [1.807, 2.05) is 37.8 Å². The molecule has 7 nitrogen and oxygen atoms in total. The van der Waals surface area contributed by atoms with Gasteiger partial charge in [-0.05, 0) is 58.7 Å². The summed E-state index contributed by atoms with van der Waals surface area (Å²) in [7, 11) is 0. The summed E-state index contributed by atoms with van der Waals surface area (Å²) < 4.78 is 11.0. The molecule has 1 amide bonds. The van der Waals surface area contributed by atoms with Gasteiger partial charge in [0, 0.05) is 18.2 Å². The maximum atomic E-state index is 13.4. The molecule has 0 bridgehead atoms. The minimum Gasteiger partial charge on any atom is -0.466 e. The lowest BCUT2D eigenvalue weighted by atomic mass is 10.0. The molecule has 0 aromatic carbocycles. The Bertz CT molecular complexity index is 1020. The minimum atomic E-state index is -0.0312. The highest BCUT2D eigenvalue weighted by molar-refractivity contribution is 6.07. The van der Waals surface area contributed by atoms with Crippen LogP contribution in [0.2, 0.25) is 0 Å². The summed E-state index contributed by atoms with van der Waals surface area (Å²) >= 11 is 0. The Labute approximate surface area is 157 Å². The Balaban J connectivity index is 1.85. The molecule has 142 valence electrons. The van der Waals surface area contributed by atoms with Crippen molar-refractivity contribution in [1.29, 1.82) is 0 Å². The second-order valence-corrected chi connectivity index (χ2v) is 7.47. The molecule has 0 aliphatic carbocycles. The molecule has 1 saturated heterocycles. The molecule has 3 aromatic rings. The molecule has 0 saturated carbocycles. The van der Waals surface area contributed by atoms with Crippen LogP contribution in [0.1, 0.15) is 40.9 Å². The first-order chi connectivity index (χ1) is 12.9. The van der Waals surface area contributed by atoms with Crippen LogP contribution in [0.25, 0.3) is 22.4 Å². The number of hydrogen-bond acceptors (Lipinski definition) is 6. The first-order valence-corrected chi connectivity index (χ1v) is 9.24. The number of likely N-dealkylation sites (tertiary alicyclic amines) is 1. The third-order valence-corrected chi connectivity index (χ3v) is 5.42. The van der Waals surface area contributed by atoms with Gasteiger partial charge < -0.3 is 19.6 Å². The summed E-state index contributed by atoms with van der Waals surface area (Å²) in [5.74, 6) is 1.86. The van der Waals surface area contributed by atoms with Crippen molar-refractivity contribution in [3.05, 3.63) is 34.9 Å². The number of nitrogens with zero attached hydrogens (tertiary/aromatic N) is 3. The molecule has 1 aliphatic heterocycles. The van der Waals surface area contributed by atoms with Crippen LogP contribution < -0.4 is 5.73 Å². The van der Waals surface area contributed by atoms with Crippen molar-refractivity contribution < 1.29 is 13.7 Å². The van der Waals surface area contributed by atoms with E-state index in [1.54, 1.807) is 0 Å². The van der Waals surface area contributed by atoms with Crippen LogP contribution >= 0.6 is 0 Å². The molecule has 1 aliphatic rings. The van der Waals surface area contributed by atoms with E-state index < -0.39 is 0 Å². The van der Waals surface area contributed by atoms with Crippen LogP contribution in [0.4, 0.5) is 0 Å². The van der Waals surface area contributed by atoms with E-state index >= 15 is 0 Å². The van der Waals surface area contributed by atoms with Gasteiger partial charge in [-0.15, -0.1) is 0 Å². The lowest BCUT2D eigenvalue weighted by molar-refractivity contribution is 0.0745. The van der Waals surface area contributed by atoms with E-state index in [2.05, 4.69) is 17.1 Å². The van der Waals surface area contributed by atoms with Crippen molar-refractivity contribution in [2.75, 3.05) is 13.1 Å². The van der Waals surface area contributed by atoms with Crippen LogP contribution in [0, 0.1) is 26.7 Å². The van der Waals surface area contributed by atoms with Gasteiger partial charge in [0.2, 0.25) is 0 Å². The second kappa shape index (κ2) is 6.49. The van der Waals surface area contributed by atoms with Crippen molar-refractivity contribution in [2.24, 2.45) is 11.7 Å². The lowest BCUT2D eigenvalue weighted by Crippen LogP contribution is -2.34. The predicted molar refractivity (Wildman–Crippen MR) is 101 cm³/mol. The van der Waals surface area contributed by atoms with Crippen LogP contribution in [0.3, 0.4) is 0 Å². The first-order valence-electron chi connectivity index (χ1n) is 9.24. The molecule has 27 heavy (non-hydrogen) atoms. The third kappa shape index (κ3) is 2.92. The highest BCUT2D eigenvalue weighted by Gasteiger charge is 2.34. The quantitative estimate of drug-likeness (QED) is 0.762. The maximum absolute atomic E-state index is 13.4. The lowest BCUT2D eigenvalue weighted by Gasteiger charge is -2.22. The van der Waals surface area contributed by atoms with Crippen LogP contribution in [0.15, 0.2) is 21.1 Å². The zero-order valence-corrected chi connectivity index (χ0v) is 16.1. The average molecular weight is 368 g/mol. The number of pyridine rings is 1. The molecule has 2 unspecified atom stereocenters. The Morgan fingerprint density at radius 2 is 2.11 bits per heavy atom. The average Bonchev–Trinajstić information content (AvgIpc) is 3.30. The summed E-state index contributed by atoms with van der Waals surface area (Å²) in [6.45, 7) is 8.92. The van der Waals surface area contributed by atoms with E-state index in [0.717, 1.165) is 23.5 Å². The van der Waals surface area contributed by atoms with E-state index in [1.165, 1.54) is 0 Å². The van der Waals surface area contributed by atoms with Crippen LogP contribution in [-0.4, -0.2) is 40.1 Å². The number of carbonyl (C=O) groups is 1. The van der Waals surface area contributed by atoms with E-state index in [0.29, 0.717) is 47.1 Å². The summed E-state index contributed by atoms with van der Waals surface area (Å²) in [5, 5.41) is 4.70. The number of aromatic nitrogens is 2. The molecule has 0 spiro atoms. The van der Waals surface area contributed by atoms with Gasteiger partial charge in [-0.25, -0.2) is 4.98 Å². The SMILES string of the molecule is Cc1cc(-c2cc(C(=O)N3CC(CN)CC3C)c3c(C)noc3n2)c(C)o1. The smallest absolute Gasteiger partial charge is 0.259 e. The molecule has 4 rings (SSSR count). The fraction of sp³-hybridized carbons (Fsp3) is 0.450. The highest BCUT2D eigenvalue weighted by atomic mass is 16.5. The van der Waals surface area contributed by atoms with Gasteiger partial charge in [0.05, 0.1) is 22.3 Å². The number of carbonyl (C=O) groups excluding carboxylic acids is 1. The topological polar surface area (TPSA) is 98.4 Å². The van der Waals surface area contributed by atoms with Crippen molar-refractivity contribution in [2.45, 2.75) is 40.2 Å². The molecule has 1 fully saturated rings. The normalized spacial score (nSPS) is 20.0. The highest BCUT2D eigenvalue weighted by Crippen LogP contribution is 2.32. The molecule has 2 N–H and O–H groups in total. The Morgan fingerprint density at radius 3 is 2.74 bits per heavy atom. The van der Waals surface area contributed by atoms with Crippen molar-refractivity contribution in [3.8, 4) is 11.3 Å². The van der Waals surface area contributed by atoms with E-state index in [-0.39, 0.29) is 11.9 Å². The molecule has 2 atom stereocenters. The Hall–Kier alpha value is -2.67. The fourth-order valence-corrected chi connectivity index (χ4v) is 4.04. The summed E-state index contributed by atoms with van der Waals surface area (Å²) in [6, 6.07) is 3.90. The Morgan fingerprint density at radius 1 is 1.33 bits per heavy atom. The number of fused-ring (bicyclic) bond motifs is 1. The summed E-state index contributed by atoms with van der Waals surface area (Å²) in [4.78, 5) is 19.9. The molecule has 4 heterocycles. The number of hydrogen-bond donors (Lipinski definition) is 1. The van der Waals surface area contributed by atoms with Crippen molar-refractivity contribution >= 4 is 17.0 Å². The first kappa shape index (κ1) is 17.7. The second-order valence-electron chi connectivity index (χ2n) is 7.47. The number of rotatable bonds is 3. The van der Waals surface area contributed by atoms with Gasteiger partial charge in [-0.1, -0.05) is 5.16 Å². The van der Waals surface area contributed by atoms with Gasteiger partial charge in [0.25, 0.3) is 11.6 Å². The van der Waals surface area contributed by atoms with Gasteiger partial charge in [-0.2, -0.15) is 0 Å².